The number of rotatable bonds is 8. The molecule has 2 unspecified atom stereocenters. The maximum Gasteiger partial charge on any atom is 0.338 e. The molecule has 9 nitrogen and oxygen atoms in total. The highest BCUT2D eigenvalue weighted by Gasteiger charge is 2.38. The topological polar surface area (TPSA) is 111 Å². The monoisotopic (exact) mass is 480 g/mol. The number of piperidine rings is 1. The molecule has 4 rings (SSSR count). The predicted octanol–water partition coefficient (Wildman–Crippen LogP) is 2.84. The maximum atomic E-state index is 12.6. The van der Waals surface area contributed by atoms with E-state index in [0.29, 0.717) is 30.2 Å². The van der Waals surface area contributed by atoms with Crippen LogP contribution in [0.2, 0.25) is 0 Å². The molecule has 2 heterocycles. The molecule has 0 radical (unpaired) electrons. The molecule has 2 aliphatic heterocycles. The molecule has 2 aromatic carbocycles. The normalized spacial score (nSPS) is 19.5. The molecule has 35 heavy (non-hydrogen) atoms. The lowest BCUT2D eigenvalue weighted by atomic mass is 9.99. The minimum Gasteiger partial charge on any atom is -0.496 e. The van der Waals surface area contributed by atoms with Crippen molar-refractivity contribution < 1.29 is 33.4 Å². The molecule has 184 valence electrons. The number of para-hydroxylation sites is 1. The van der Waals surface area contributed by atoms with E-state index in [2.05, 4.69) is 5.32 Å². The summed E-state index contributed by atoms with van der Waals surface area (Å²) in [6, 6.07) is 12.9. The molecule has 9 heteroatoms. The van der Waals surface area contributed by atoms with Crippen LogP contribution in [0.1, 0.15) is 46.4 Å². The van der Waals surface area contributed by atoms with E-state index in [4.69, 9.17) is 14.2 Å². The van der Waals surface area contributed by atoms with Crippen LogP contribution in [0, 0.1) is 0 Å². The van der Waals surface area contributed by atoms with Crippen molar-refractivity contribution in [1.82, 2.24) is 4.90 Å². The fraction of sp³-hybridized carbons (Fsp3) is 0.385. The van der Waals surface area contributed by atoms with Crippen molar-refractivity contribution >= 4 is 29.3 Å². The molecule has 0 aliphatic carbocycles. The van der Waals surface area contributed by atoms with Crippen LogP contribution in [0.3, 0.4) is 0 Å². The zero-order valence-corrected chi connectivity index (χ0v) is 19.5. The summed E-state index contributed by atoms with van der Waals surface area (Å²) in [6.07, 6.45) is 2.15. The van der Waals surface area contributed by atoms with Crippen molar-refractivity contribution in [2.75, 3.05) is 32.2 Å². The lowest BCUT2D eigenvalue weighted by Gasteiger charge is -2.41. The first kappa shape index (κ1) is 24.4. The summed E-state index contributed by atoms with van der Waals surface area (Å²) in [4.78, 5) is 51.6. The third kappa shape index (κ3) is 5.86. The quantitative estimate of drug-likeness (QED) is 0.457. The number of Topliss-reactive ketones (excluding diaryl/α,β-unsaturated/α-hetero) is 1. The second-order valence-corrected chi connectivity index (χ2v) is 8.53. The Bertz CT molecular complexity index is 1100. The molecule has 2 amide bonds. The lowest BCUT2D eigenvalue weighted by Crippen LogP contribution is -2.56. The van der Waals surface area contributed by atoms with E-state index in [0.717, 1.165) is 19.3 Å². The van der Waals surface area contributed by atoms with Crippen LogP contribution in [0.5, 0.6) is 5.75 Å². The first-order valence-corrected chi connectivity index (χ1v) is 11.6. The van der Waals surface area contributed by atoms with Gasteiger partial charge in [0.15, 0.2) is 6.61 Å². The molecule has 0 spiro atoms. The van der Waals surface area contributed by atoms with Gasteiger partial charge in [0.1, 0.15) is 11.9 Å². The molecular formula is C26H28N2O7. The molecular weight excluding hydrogens is 452 g/mol. The van der Waals surface area contributed by atoms with Gasteiger partial charge in [-0.2, -0.15) is 0 Å². The van der Waals surface area contributed by atoms with E-state index in [1.54, 1.807) is 36.4 Å². The fourth-order valence-corrected chi connectivity index (χ4v) is 4.33. The number of amides is 2. The number of ketones is 1. The Balaban J connectivity index is 1.26. The molecule has 2 fully saturated rings. The van der Waals surface area contributed by atoms with Crippen LogP contribution in [-0.2, 0) is 19.1 Å². The van der Waals surface area contributed by atoms with Crippen molar-refractivity contribution in [1.29, 1.82) is 0 Å². The molecule has 1 N–H and O–H groups in total. The van der Waals surface area contributed by atoms with Gasteiger partial charge in [0, 0.05) is 12.2 Å². The summed E-state index contributed by atoms with van der Waals surface area (Å²) < 4.78 is 15.9. The molecule has 2 aromatic rings. The number of hydrogen-bond donors (Lipinski definition) is 1. The van der Waals surface area contributed by atoms with Gasteiger partial charge >= 0.3 is 5.97 Å². The zero-order valence-electron chi connectivity index (χ0n) is 19.5. The number of benzene rings is 2. The lowest BCUT2D eigenvalue weighted by molar-refractivity contribution is -0.163. The van der Waals surface area contributed by atoms with Gasteiger partial charge in [-0.3, -0.25) is 14.4 Å². The van der Waals surface area contributed by atoms with Gasteiger partial charge in [-0.1, -0.05) is 12.1 Å². The van der Waals surface area contributed by atoms with Crippen molar-refractivity contribution in [3.8, 4) is 5.75 Å². The number of anilines is 1. The largest absolute Gasteiger partial charge is 0.496 e. The van der Waals surface area contributed by atoms with Crippen LogP contribution in [0.25, 0.3) is 0 Å². The third-order valence-electron chi connectivity index (χ3n) is 6.19. The van der Waals surface area contributed by atoms with Gasteiger partial charge in [-0.25, -0.2) is 4.79 Å². The Morgan fingerprint density at radius 3 is 2.63 bits per heavy atom. The molecule has 2 aliphatic rings. The predicted molar refractivity (Wildman–Crippen MR) is 126 cm³/mol. The van der Waals surface area contributed by atoms with E-state index in [1.165, 1.54) is 19.2 Å². The molecule has 0 bridgehead atoms. The summed E-state index contributed by atoms with van der Waals surface area (Å²) in [6.45, 7) is 0.748. The van der Waals surface area contributed by atoms with Gasteiger partial charge in [0.05, 0.1) is 37.3 Å². The summed E-state index contributed by atoms with van der Waals surface area (Å²) in [5.41, 5.74) is 1.03. The van der Waals surface area contributed by atoms with E-state index in [-0.39, 0.29) is 35.6 Å². The number of carbonyl (C=O) groups is 4. The number of methoxy groups -OCH3 is 1. The third-order valence-corrected chi connectivity index (χ3v) is 6.19. The SMILES string of the molecule is COc1ccccc1C(=O)COC(=O)c1ccc(NC(=O)CC2OCC3CCCCN3C2=O)cc1. The number of nitrogens with one attached hydrogen (secondary N) is 1. The van der Waals surface area contributed by atoms with Crippen LogP contribution in [0.15, 0.2) is 48.5 Å². The summed E-state index contributed by atoms with van der Waals surface area (Å²) in [5, 5.41) is 2.72. The molecule has 0 aromatic heterocycles. The number of nitrogens with zero attached hydrogens (tertiary/aromatic N) is 1. The number of fused-ring (bicyclic) bond motifs is 1. The highest BCUT2D eigenvalue weighted by atomic mass is 16.5. The van der Waals surface area contributed by atoms with Gasteiger partial charge in [0.25, 0.3) is 5.91 Å². The van der Waals surface area contributed by atoms with E-state index in [1.807, 2.05) is 4.90 Å². The summed E-state index contributed by atoms with van der Waals surface area (Å²) >= 11 is 0. The second kappa shape index (κ2) is 11.1. The average Bonchev–Trinajstić information content (AvgIpc) is 2.89. The Labute approximate surface area is 203 Å². The van der Waals surface area contributed by atoms with Crippen LogP contribution in [-0.4, -0.2) is 67.5 Å². The number of carbonyl (C=O) groups excluding carboxylic acids is 4. The first-order chi connectivity index (χ1) is 17.0. The van der Waals surface area contributed by atoms with Crippen molar-refractivity contribution in [2.45, 2.75) is 37.8 Å². The van der Waals surface area contributed by atoms with Crippen LogP contribution >= 0.6 is 0 Å². The van der Waals surface area contributed by atoms with Crippen LogP contribution < -0.4 is 10.1 Å². The maximum absolute atomic E-state index is 12.6. The molecule has 0 saturated carbocycles. The van der Waals surface area contributed by atoms with E-state index >= 15 is 0 Å². The Morgan fingerprint density at radius 2 is 1.86 bits per heavy atom. The van der Waals surface area contributed by atoms with Gasteiger partial charge in [-0.05, 0) is 55.7 Å². The highest BCUT2D eigenvalue weighted by Crippen LogP contribution is 2.24. The van der Waals surface area contributed by atoms with Crippen molar-refractivity contribution in [2.24, 2.45) is 0 Å². The number of esters is 1. The second-order valence-electron chi connectivity index (χ2n) is 8.53. The Morgan fingerprint density at radius 1 is 1.09 bits per heavy atom. The van der Waals surface area contributed by atoms with Crippen molar-refractivity contribution in [3.63, 3.8) is 0 Å². The Kier molecular flexibility index (Phi) is 7.77. The average molecular weight is 481 g/mol. The minimum atomic E-state index is -0.778. The molecule has 2 saturated heterocycles. The highest BCUT2D eigenvalue weighted by molar-refractivity contribution is 6.01. The summed E-state index contributed by atoms with van der Waals surface area (Å²) in [7, 11) is 1.46. The first-order valence-electron chi connectivity index (χ1n) is 11.6. The summed E-state index contributed by atoms with van der Waals surface area (Å²) in [5.74, 6) is -1.11. The standard InChI is InChI=1S/C26H28N2O7/c1-33-22-8-3-2-7-20(22)21(29)16-35-26(32)17-9-11-18(12-10-17)27-24(30)14-23-25(31)28-13-5-4-6-19(28)15-34-23/h2-3,7-12,19,23H,4-6,13-16H2,1H3,(H,27,30). The fourth-order valence-electron chi connectivity index (χ4n) is 4.33. The van der Waals surface area contributed by atoms with Gasteiger partial charge in [-0.15, -0.1) is 0 Å². The van der Waals surface area contributed by atoms with Crippen molar-refractivity contribution in [3.05, 3.63) is 59.7 Å². The van der Waals surface area contributed by atoms with Crippen LogP contribution in [0.4, 0.5) is 5.69 Å². The van der Waals surface area contributed by atoms with E-state index < -0.39 is 18.7 Å². The number of morpholine rings is 1. The van der Waals surface area contributed by atoms with E-state index in [9.17, 15) is 19.2 Å². The van der Waals surface area contributed by atoms with Gasteiger partial charge in [0.2, 0.25) is 11.7 Å². The smallest absolute Gasteiger partial charge is 0.338 e. The number of ether oxygens (including phenoxy) is 3. The zero-order chi connectivity index (χ0) is 24.8. The number of hydrogen-bond acceptors (Lipinski definition) is 7. The minimum absolute atomic E-state index is 0.0725. The van der Waals surface area contributed by atoms with Gasteiger partial charge < -0.3 is 24.4 Å². The molecule has 2 atom stereocenters. The Hall–Kier alpha value is -3.72.